The Morgan fingerprint density at radius 3 is 2.36 bits per heavy atom. The molecule has 0 bridgehead atoms. The van der Waals surface area contributed by atoms with E-state index in [-0.39, 0.29) is 11.8 Å². The zero-order valence-electron chi connectivity index (χ0n) is 23.5. The maximum absolute atomic E-state index is 13.4. The Morgan fingerprint density at radius 2 is 1.67 bits per heavy atom. The third-order valence-corrected chi connectivity index (χ3v) is 6.89. The maximum atomic E-state index is 13.4. The highest BCUT2D eigenvalue weighted by atomic mass is 16.2. The second-order valence-corrected chi connectivity index (χ2v) is 10.9. The Labute approximate surface area is 230 Å². The SMILES string of the molecule is CC[C@@H](C)c1ccc(-c2cc(C(=O)N/N=C(/C)c3cccc(NC(=O)C(C)(C)C)c3)c3ccccc3n2)cc1. The van der Waals surface area contributed by atoms with Crippen LogP contribution in [0.5, 0.6) is 0 Å². The van der Waals surface area contributed by atoms with Crippen LogP contribution in [0.1, 0.15) is 75.4 Å². The van der Waals surface area contributed by atoms with Crippen molar-refractivity contribution in [3.8, 4) is 11.3 Å². The number of hydrogen-bond acceptors (Lipinski definition) is 4. The van der Waals surface area contributed by atoms with Gasteiger partial charge in [0.15, 0.2) is 0 Å². The molecule has 6 heteroatoms. The maximum Gasteiger partial charge on any atom is 0.272 e. The summed E-state index contributed by atoms with van der Waals surface area (Å²) in [6, 6.07) is 25.2. The smallest absolute Gasteiger partial charge is 0.272 e. The van der Waals surface area contributed by atoms with Gasteiger partial charge in [-0.3, -0.25) is 9.59 Å². The van der Waals surface area contributed by atoms with Gasteiger partial charge in [0.05, 0.1) is 22.5 Å². The lowest BCUT2D eigenvalue weighted by Gasteiger charge is -2.18. The molecule has 0 fully saturated rings. The van der Waals surface area contributed by atoms with E-state index >= 15 is 0 Å². The van der Waals surface area contributed by atoms with E-state index in [2.05, 4.69) is 54.0 Å². The number of fused-ring (bicyclic) bond motifs is 1. The molecule has 3 aromatic carbocycles. The van der Waals surface area contributed by atoms with E-state index in [0.29, 0.717) is 22.9 Å². The summed E-state index contributed by atoms with van der Waals surface area (Å²) in [6.07, 6.45) is 1.08. The van der Waals surface area contributed by atoms with Crippen molar-refractivity contribution in [2.24, 2.45) is 10.5 Å². The summed E-state index contributed by atoms with van der Waals surface area (Å²) in [6.45, 7) is 11.8. The lowest BCUT2D eigenvalue weighted by atomic mass is 9.95. The second-order valence-electron chi connectivity index (χ2n) is 10.9. The minimum atomic E-state index is -0.505. The average molecular weight is 521 g/mol. The second kappa shape index (κ2) is 11.6. The highest BCUT2D eigenvalue weighted by Gasteiger charge is 2.21. The van der Waals surface area contributed by atoms with Crippen LogP contribution in [-0.4, -0.2) is 22.5 Å². The van der Waals surface area contributed by atoms with E-state index in [1.807, 2.05) is 82.3 Å². The Bertz CT molecular complexity index is 1530. The van der Waals surface area contributed by atoms with Gasteiger partial charge in [-0.2, -0.15) is 5.10 Å². The van der Waals surface area contributed by atoms with Crippen LogP contribution in [0.15, 0.2) is 84.0 Å². The molecule has 1 atom stereocenters. The first-order valence-electron chi connectivity index (χ1n) is 13.3. The Morgan fingerprint density at radius 1 is 0.949 bits per heavy atom. The van der Waals surface area contributed by atoms with E-state index in [1.54, 1.807) is 0 Å². The van der Waals surface area contributed by atoms with Crippen LogP contribution >= 0.6 is 0 Å². The molecule has 0 aliphatic heterocycles. The van der Waals surface area contributed by atoms with E-state index in [9.17, 15) is 9.59 Å². The molecule has 39 heavy (non-hydrogen) atoms. The van der Waals surface area contributed by atoms with Gasteiger partial charge in [0.1, 0.15) is 0 Å². The van der Waals surface area contributed by atoms with Crippen LogP contribution in [0, 0.1) is 5.41 Å². The normalized spacial score (nSPS) is 12.7. The molecule has 0 saturated heterocycles. The third kappa shape index (κ3) is 6.58. The number of pyridine rings is 1. The number of carbonyl (C=O) groups is 2. The Balaban J connectivity index is 1.60. The molecule has 4 rings (SSSR count). The number of hydrazone groups is 1. The first-order chi connectivity index (χ1) is 18.6. The number of benzene rings is 3. The van der Waals surface area contributed by atoms with Gasteiger partial charge in [0.25, 0.3) is 5.91 Å². The number of rotatable bonds is 7. The van der Waals surface area contributed by atoms with Crippen LogP contribution in [0.4, 0.5) is 5.69 Å². The number of amides is 2. The fourth-order valence-corrected chi connectivity index (χ4v) is 4.13. The van der Waals surface area contributed by atoms with Crippen LogP contribution in [-0.2, 0) is 4.79 Å². The van der Waals surface area contributed by atoms with E-state index in [0.717, 1.165) is 34.1 Å². The summed E-state index contributed by atoms with van der Waals surface area (Å²) in [4.78, 5) is 30.6. The fraction of sp³-hybridized carbons (Fsp3) is 0.273. The van der Waals surface area contributed by atoms with Crippen LogP contribution in [0.2, 0.25) is 0 Å². The van der Waals surface area contributed by atoms with Gasteiger partial charge in [-0.1, -0.05) is 89.2 Å². The molecule has 1 aromatic heterocycles. The molecule has 0 saturated carbocycles. The molecule has 0 spiro atoms. The number of nitrogens with one attached hydrogen (secondary N) is 2. The first-order valence-corrected chi connectivity index (χ1v) is 13.3. The third-order valence-electron chi connectivity index (χ3n) is 6.89. The number of anilines is 1. The highest BCUT2D eigenvalue weighted by Crippen LogP contribution is 2.27. The van der Waals surface area contributed by atoms with Crippen molar-refractivity contribution in [3.05, 3.63) is 95.6 Å². The summed E-state index contributed by atoms with van der Waals surface area (Å²) < 4.78 is 0. The molecule has 0 aliphatic rings. The minimum absolute atomic E-state index is 0.0718. The van der Waals surface area contributed by atoms with Crippen LogP contribution in [0.3, 0.4) is 0 Å². The monoisotopic (exact) mass is 520 g/mol. The van der Waals surface area contributed by atoms with Crippen molar-refractivity contribution >= 4 is 34.1 Å². The number of aromatic nitrogens is 1. The number of para-hydroxylation sites is 1. The quantitative estimate of drug-likeness (QED) is 0.195. The van der Waals surface area contributed by atoms with E-state index < -0.39 is 5.41 Å². The predicted molar refractivity (Wildman–Crippen MR) is 160 cm³/mol. The highest BCUT2D eigenvalue weighted by molar-refractivity contribution is 6.08. The lowest BCUT2D eigenvalue weighted by molar-refractivity contribution is -0.123. The fourth-order valence-electron chi connectivity index (χ4n) is 4.13. The van der Waals surface area contributed by atoms with Crippen molar-refractivity contribution in [2.75, 3.05) is 5.32 Å². The van der Waals surface area contributed by atoms with Crippen LogP contribution in [0.25, 0.3) is 22.2 Å². The Kier molecular flexibility index (Phi) is 8.24. The van der Waals surface area contributed by atoms with Crippen molar-refractivity contribution in [3.63, 3.8) is 0 Å². The molecule has 1 heterocycles. The summed E-state index contributed by atoms with van der Waals surface area (Å²) in [7, 11) is 0. The molecule has 4 aromatic rings. The largest absolute Gasteiger partial charge is 0.326 e. The number of carbonyl (C=O) groups excluding carboxylic acids is 2. The summed E-state index contributed by atoms with van der Waals surface area (Å²) in [5.74, 6) is 0.0987. The van der Waals surface area contributed by atoms with Gasteiger partial charge >= 0.3 is 0 Å². The molecule has 6 nitrogen and oxygen atoms in total. The molecule has 0 radical (unpaired) electrons. The van der Waals surface area contributed by atoms with Crippen molar-refractivity contribution in [1.82, 2.24) is 10.4 Å². The minimum Gasteiger partial charge on any atom is -0.326 e. The Hall–Kier alpha value is -4.32. The molecule has 2 amide bonds. The number of hydrogen-bond donors (Lipinski definition) is 2. The lowest BCUT2D eigenvalue weighted by Crippen LogP contribution is -2.27. The van der Waals surface area contributed by atoms with Gasteiger partial charge in [0, 0.05) is 22.1 Å². The molecule has 0 unspecified atom stereocenters. The molecular weight excluding hydrogens is 484 g/mol. The average Bonchev–Trinajstić information content (AvgIpc) is 2.94. The molecule has 0 aliphatic carbocycles. The van der Waals surface area contributed by atoms with Gasteiger partial charge in [0.2, 0.25) is 5.91 Å². The molecule has 2 N–H and O–H groups in total. The summed E-state index contributed by atoms with van der Waals surface area (Å²) in [5.41, 5.74) is 8.53. The summed E-state index contributed by atoms with van der Waals surface area (Å²) >= 11 is 0. The molecule has 200 valence electrons. The zero-order chi connectivity index (χ0) is 28.2. The standard InChI is InChI=1S/C33H36N4O2/c1-7-21(2)23-15-17-24(18-16-23)30-20-28(27-13-8-9-14-29(27)35-30)31(38)37-36-22(3)25-11-10-12-26(19-25)34-32(39)33(4,5)6/h8-21H,7H2,1-6H3,(H,34,39)(H,37,38)/b36-22-/t21-/m1/s1. The summed E-state index contributed by atoms with van der Waals surface area (Å²) in [5, 5.41) is 8.07. The van der Waals surface area contributed by atoms with E-state index in [4.69, 9.17) is 4.98 Å². The number of nitrogens with zero attached hydrogens (tertiary/aromatic N) is 2. The topological polar surface area (TPSA) is 83.5 Å². The van der Waals surface area contributed by atoms with Crippen LogP contribution < -0.4 is 10.7 Å². The van der Waals surface area contributed by atoms with Crippen molar-refractivity contribution in [1.29, 1.82) is 0 Å². The first kappa shape index (κ1) is 27.7. The predicted octanol–water partition coefficient (Wildman–Crippen LogP) is 7.55. The van der Waals surface area contributed by atoms with Gasteiger partial charge < -0.3 is 5.32 Å². The van der Waals surface area contributed by atoms with Gasteiger partial charge in [-0.15, -0.1) is 0 Å². The zero-order valence-corrected chi connectivity index (χ0v) is 23.5. The van der Waals surface area contributed by atoms with Crippen molar-refractivity contribution in [2.45, 2.75) is 53.9 Å². The van der Waals surface area contributed by atoms with Gasteiger partial charge in [-0.25, -0.2) is 10.4 Å². The van der Waals surface area contributed by atoms with Crippen molar-refractivity contribution < 1.29 is 9.59 Å². The van der Waals surface area contributed by atoms with Gasteiger partial charge in [-0.05, 0) is 54.7 Å². The molecular formula is C33H36N4O2. The van der Waals surface area contributed by atoms with E-state index in [1.165, 1.54) is 5.56 Å².